The Balaban J connectivity index is 0.00000220. The molecule has 6 heteroatoms. The summed E-state index contributed by atoms with van der Waals surface area (Å²) in [5.41, 5.74) is 1.01. The predicted octanol–water partition coefficient (Wildman–Crippen LogP) is 3.06. The number of amides is 1. The van der Waals surface area contributed by atoms with Crippen LogP contribution in [0.3, 0.4) is 0 Å². The van der Waals surface area contributed by atoms with Crippen molar-refractivity contribution in [2.45, 2.75) is 32.2 Å². The Morgan fingerprint density at radius 3 is 2.76 bits per heavy atom. The maximum atomic E-state index is 13.2. The van der Waals surface area contributed by atoms with Crippen LogP contribution < -0.4 is 10.6 Å². The second kappa shape index (κ2) is 8.71. The Morgan fingerprint density at radius 1 is 1.48 bits per heavy atom. The standard InChI is InChI=1S/C15H20BrFN2O.ClH/c1-10(8-11-2-3-14(17)13(16)9-11)19-15(20)12-4-6-18-7-5-12;/h2-3,9-10,12,18H,4-8H2,1H3,(H,19,20);1H. The topological polar surface area (TPSA) is 41.1 Å². The molecule has 1 heterocycles. The molecule has 1 fully saturated rings. The lowest BCUT2D eigenvalue weighted by molar-refractivity contribution is -0.126. The van der Waals surface area contributed by atoms with Crippen molar-refractivity contribution in [3.63, 3.8) is 0 Å². The summed E-state index contributed by atoms with van der Waals surface area (Å²) in [6.07, 6.45) is 2.51. The molecule has 3 nitrogen and oxygen atoms in total. The second-order valence-corrected chi connectivity index (χ2v) is 6.24. The molecule has 1 amide bonds. The van der Waals surface area contributed by atoms with E-state index in [0.717, 1.165) is 31.5 Å². The Labute approximate surface area is 139 Å². The molecular formula is C15H21BrClFN2O. The third-order valence-corrected chi connectivity index (χ3v) is 4.23. The highest BCUT2D eigenvalue weighted by Gasteiger charge is 2.22. The lowest BCUT2D eigenvalue weighted by Gasteiger charge is -2.24. The maximum absolute atomic E-state index is 13.2. The van der Waals surface area contributed by atoms with Crippen LogP contribution in [0.2, 0.25) is 0 Å². The van der Waals surface area contributed by atoms with E-state index in [-0.39, 0.29) is 36.1 Å². The maximum Gasteiger partial charge on any atom is 0.223 e. The summed E-state index contributed by atoms with van der Waals surface area (Å²) < 4.78 is 13.6. The van der Waals surface area contributed by atoms with E-state index in [4.69, 9.17) is 0 Å². The summed E-state index contributed by atoms with van der Waals surface area (Å²) in [5.74, 6) is -0.000949. The largest absolute Gasteiger partial charge is 0.353 e. The molecule has 1 unspecified atom stereocenters. The quantitative estimate of drug-likeness (QED) is 0.844. The van der Waals surface area contributed by atoms with Crippen molar-refractivity contribution in [1.29, 1.82) is 0 Å². The number of carbonyl (C=O) groups is 1. The van der Waals surface area contributed by atoms with Crippen LogP contribution in [0.4, 0.5) is 4.39 Å². The molecule has 1 aromatic rings. The highest BCUT2D eigenvalue weighted by molar-refractivity contribution is 9.10. The Hall–Kier alpha value is -0.650. The summed E-state index contributed by atoms with van der Waals surface area (Å²) >= 11 is 3.18. The van der Waals surface area contributed by atoms with Crippen LogP contribution in [-0.2, 0) is 11.2 Å². The monoisotopic (exact) mass is 378 g/mol. The molecule has 0 saturated carbocycles. The molecule has 0 aromatic heterocycles. The first-order valence-electron chi connectivity index (χ1n) is 7.01. The number of halogens is 3. The number of piperidine rings is 1. The zero-order valence-corrected chi connectivity index (χ0v) is 14.4. The molecule has 118 valence electrons. The van der Waals surface area contributed by atoms with Crippen molar-refractivity contribution in [3.05, 3.63) is 34.1 Å². The van der Waals surface area contributed by atoms with Gasteiger partial charge in [-0.05, 0) is 72.9 Å². The van der Waals surface area contributed by atoms with Crippen molar-refractivity contribution in [2.24, 2.45) is 5.92 Å². The Kier molecular flexibility index (Phi) is 7.63. The lowest BCUT2D eigenvalue weighted by atomic mass is 9.96. The molecule has 1 atom stereocenters. The molecule has 2 rings (SSSR count). The summed E-state index contributed by atoms with van der Waals surface area (Å²) in [5, 5.41) is 6.31. The van der Waals surface area contributed by atoms with Crippen LogP contribution in [0, 0.1) is 11.7 Å². The van der Waals surface area contributed by atoms with E-state index in [9.17, 15) is 9.18 Å². The minimum atomic E-state index is -0.264. The number of hydrogen-bond acceptors (Lipinski definition) is 2. The SMILES string of the molecule is CC(Cc1ccc(F)c(Br)c1)NC(=O)C1CCNCC1.Cl. The van der Waals surface area contributed by atoms with Crippen molar-refractivity contribution < 1.29 is 9.18 Å². The van der Waals surface area contributed by atoms with E-state index in [2.05, 4.69) is 26.6 Å². The summed E-state index contributed by atoms with van der Waals surface area (Å²) in [4.78, 5) is 12.1. The van der Waals surface area contributed by atoms with Crippen molar-refractivity contribution >= 4 is 34.2 Å². The summed E-state index contributed by atoms with van der Waals surface area (Å²) in [6.45, 7) is 3.81. The smallest absolute Gasteiger partial charge is 0.223 e. The van der Waals surface area contributed by atoms with Crippen LogP contribution in [0.25, 0.3) is 0 Å². The molecular weight excluding hydrogens is 359 g/mol. The Morgan fingerprint density at radius 2 is 2.14 bits per heavy atom. The average Bonchev–Trinajstić information content (AvgIpc) is 2.44. The molecule has 0 bridgehead atoms. The van der Waals surface area contributed by atoms with Crippen molar-refractivity contribution in [3.8, 4) is 0 Å². The zero-order valence-electron chi connectivity index (χ0n) is 12.0. The molecule has 1 aromatic carbocycles. The van der Waals surface area contributed by atoms with Gasteiger partial charge in [-0.2, -0.15) is 0 Å². The molecule has 1 saturated heterocycles. The first kappa shape index (κ1) is 18.4. The fourth-order valence-corrected chi connectivity index (χ4v) is 2.94. The second-order valence-electron chi connectivity index (χ2n) is 5.39. The predicted molar refractivity (Wildman–Crippen MR) is 88.3 cm³/mol. The average molecular weight is 380 g/mol. The third-order valence-electron chi connectivity index (χ3n) is 3.62. The van der Waals surface area contributed by atoms with Crippen molar-refractivity contribution in [1.82, 2.24) is 10.6 Å². The minimum Gasteiger partial charge on any atom is -0.353 e. The number of hydrogen-bond donors (Lipinski definition) is 2. The molecule has 1 aliphatic rings. The Bertz CT molecular complexity index is 481. The number of nitrogens with one attached hydrogen (secondary N) is 2. The van der Waals surface area contributed by atoms with Gasteiger partial charge in [0.2, 0.25) is 5.91 Å². The lowest BCUT2D eigenvalue weighted by Crippen LogP contribution is -2.42. The normalized spacial score (nSPS) is 16.9. The number of benzene rings is 1. The van der Waals surface area contributed by atoms with Gasteiger partial charge in [0.25, 0.3) is 0 Å². The first-order chi connectivity index (χ1) is 9.56. The van der Waals surface area contributed by atoms with E-state index in [1.165, 1.54) is 6.07 Å². The van der Waals surface area contributed by atoms with Gasteiger partial charge in [0.15, 0.2) is 0 Å². The highest BCUT2D eigenvalue weighted by Crippen LogP contribution is 2.18. The summed E-state index contributed by atoms with van der Waals surface area (Å²) in [7, 11) is 0. The van der Waals surface area contributed by atoms with Gasteiger partial charge in [0, 0.05) is 12.0 Å². The van der Waals surface area contributed by atoms with E-state index in [1.807, 2.05) is 6.92 Å². The van der Waals surface area contributed by atoms with Crippen LogP contribution in [0.1, 0.15) is 25.3 Å². The van der Waals surface area contributed by atoms with E-state index in [1.54, 1.807) is 12.1 Å². The van der Waals surface area contributed by atoms with E-state index < -0.39 is 0 Å². The minimum absolute atomic E-state index is 0. The molecule has 1 aliphatic heterocycles. The van der Waals surface area contributed by atoms with Gasteiger partial charge in [-0.25, -0.2) is 4.39 Å². The van der Waals surface area contributed by atoms with Gasteiger partial charge in [-0.1, -0.05) is 6.07 Å². The van der Waals surface area contributed by atoms with Crippen LogP contribution in [0.15, 0.2) is 22.7 Å². The molecule has 0 spiro atoms. The first-order valence-corrected chi connectivity index (χ1v) is 7.80. The fraction of sp³-hybridized carbons (Fsp3) is 0.533. The van der Waals surface area contributed by atoms with Crippen molar-refractivity contribution in [2.75, 3.05) is 13.1 Å². The van der Waals surface area contributed by atoms with E-state index in [0.29, 0.717) is 10.9 Å². The number of rotatable bonds is 4. The van der Waals surface area contributed by atoms with Crippen LogP contribution in [-0.4, -0.2) is 25.0 Å². The van der Waals surface area contributed by atoms with Gasteiger partial charge in [0.05, 0.1) is 4.47 Å². The van der Waals surface area contributed by atoms with Crippen LogP contribution in [0.5, 0.6) is 0 Å². The van der Waals surface area contributed by atoms with Gasteiger partial charge in [-0.15, -0.1) is 12.4 Å². The fourth-order valence-electron chi connectivity index (χ4n) is 2.52. The molecule has 2 N–H and O–H groups in total. The van der Waals surface area contributed by atoms with E-state index >= 15 is 0 Å². The van der Waals surface area contributed by atoms with Gasteiger partial charge < -0.3 is 10.6 Å². The highest BCUT2D eigenvalue weighted by atomic mass is 79.9. The zero-order chi connectivity index (χ0) is 14.5. The summed E-state index contributed by atoms with van der Waals surface area (Å²) in [6, 6.07) is 5.02. The molecule has 0 aliphatic carbocycles. The van der Waals surface area contributed by atoms with Gasteiger partial charge >= 0.3 is 0 Å². The van der Waals surface area contributed by atoms with Crippen LogP contribution >= 0.6 is 28.3 Å². The number of carbonyl (C=O) groups excluding carboxylic acids is 1. The van der Waals surface area contributed by atoms with Gasteiger partial charge in [-0.3, -0.25) is 4.79 Å². The molecule has 0 radical (unpaired) electrons. The molecule has 21 heavy (non-hydrogen) atoms. The van der Waals surface area contributed by atoms with Gasteiger partial charge in [0.1, 0.15) is 5.82 Å². The third kappa shape index (κ3) is 5.57.